The van der Waals surface area contributed by atoms with E-state index in [2.05, 4.69) is 4.98 Å². The predicted octanol–water partition coefficient (Wildman–Crippen LogP) is 6.98. The molecule has 0 unspecified atom stereocenters. The molecular formula is C23H21ClF6N2O. The Bertz CT molecular complexity index is 1090. The number of hydrogen-bond acceptors (Lipinski definition) is 2. The zero-order valence-corrected chi connectivity index (χ0v) is 18.4. The molecule has 0 spiro atoms. The molecular weight excluding hydrogens is 470 g/mol. The summed E-state index contributed by atoms with van der Waals surface area (Å²) in [6.07, 6.45) is -11.8. The maximum atomic E-state index is 13.1. The molecule has 0 aliphatic rings. The third kappa shape index (κ3) is 4.84. The van der Waals surface area contributed by atoms with Gasteiger partial charge in [0.05, 0.1) is 0 Å². The van der Waals surface area contributed by atoms with E-state index >= 15 is 0 Å². The van der Waals surface area contributed by atoms with Crippen LogP contribution in [0.3, 0.4) is 0 Å². The average Bonchev–Trinajstić information content (AvgIpc) is 3.10. The third-order valence-corrected chi connectivity index (χ3v) is 5.71. The number of nitrogens with zero attached hydrogens (tertiary/aromatic N) is 1. The molecule has 0 saturated heterocycles. The highest BCUT2D eigenvalue weighted by molar-refractivity contribution is 6.30. The van der Waals surface area contributed by atoms with Gasteiger partial charge in [0.2, 0.25) is 0 Å². The van der Waals surface area contributed by atoms with Crippen molar-refractivity contribution in [3.8, 4) is 11.3 Å². The van der Waals surface area contributed by atoms with Gasteiger partial charge in [-0.05, 0) is 55.3 Å². The van der Waals surface area contributed by atoms with Crippen LogP contribution in [0.25, 0.3) is 11.3 Å². The Balaban J connectivity index is 1.88. The number of hydrogen-bond donors (Lipinski definition) is 2. The molecule has 2 aromatic carbocycles. The van der Waals surface area contributed by atoms with Gasteiger partial charge in [-0.1, -0.05) is 35.9 Å². The van der Waals surface area contributed by atoms with Gasteiger partial charge >= 0.3 is 12.4 Å². The Kier molecular flexibility index (Phi) is 6.77. The molecule has 0 aliphatic carbocycles. The number of aromatic nitrogens is 1. The monoisotopic (exact) mass is 490 g/mol. The predicted molar refractivity (Wildman–Crippen MR) is 115 cm³/mol. The topological polar surface area (TPSA) is 39.3 Å². The molecule has 1 heterocycles. The Morgan fingerprint density at radius 2 is 1.55 bits per heavy atom. The van der Waals surface area contributed by atoms with Crippen molar-refractivity contribution < 1.29 is 31.4 Å². The van der Waals surface area contributed by atoms with Crippen molar-refractivity contribution in [3.63, 3.8) is 0 Å². The lowest BCUT2D eigenvalue weighted by atomic mass is 9.92. The number of aryl methyl sites for hydroxylation is 1. The zero-order chi connectivity index (χ0) is 24.6. The van der Waals surface area contributed by atoms with Gasteiger partial charge in [0.1, 0.15) is 0 Å². The molecule has 1 aromatic heterocycles. The normalized spacial score (nSPS) is 12.8. The number of anilines is 1. The summed E-state index contributed by atoms with van der Waals surface area (Å²) >= 11 is 6.05. The number of aromatic amines is 1. The molecule has 3 nitrogen and oxygen atoms in total. The Labute approximate surface area is 191 Å². The van der Waals surface area contributed by atoms with Crippen molar-refractivity contribution in [2.75, 3.05) is 11.4 Å². The molecule has 2 N–H and O–H groups in total. The summed E-state index contributed by atoms with van der Waals surface area (Å²) in [5.41, 5.74) is -2.35. The molecule has 0 fully saturated rings. The lowest BCUT2D eigenvalue weighted by Gasteiger charge is -2.33. The lowest BCUT2D eigenvalue weighted by Crippen LogP contribution is -2.53. The summed E-state index contributed by atoms with van der Waals surface area (Å²) < 4.78 is 78.7. The average molecular weight is 491 g/mol. The minimum Gasteiger partial charge on any atom is -0.369 e. The van der Waals surface area contributed by atoms with Gasteiger partial charge in [-0.2, -0.15) is 26.3 Å². The van der Waals surface area contributed by atoms with Gasteiger partial charge in [0.15, 0.2) is 0 Å². The maximum Gasteiger partial charge on any atom is 0.430 e. The quantitative estimate of drug-likeness (QED) is 0.366. The molecule has 0 amide bonds. The van der Waals surface area contributed by atoms with Crippen LogP contribution in [-0.2, 0) is 12.1 Å². The number of alkyl halides is 6. The van der Waals surface area contributed by atoms with Crippen molar-refractivity contribution in [2.24, 2.45) is 0 Å². The van der Waals surface area contributed by atoms with Crippen molar-refractivity contribution in [1.82, 2.24) is 4.98 Å². The zero-order valence-electron chi connectivity index (χ0n) is 17.7. The second kappa shape index (κ2) is 8.95. The van der Waals surface area contributed by atoms with Gasteiger partial charge in [0, 0.05) is 40.8 Å². The van der Waals surface area contributed by atoms with Gasteiger partial charge in [-0.3, -0.25) is 0 Å². The van der Waals surface area contributed by atoms with Crippen LogP contribution in [0.5, 0.6) is 0 Å². The first-order valence-electron chi connectivity index (χ1n) is 9.93. The van der Waals surface area contributed by atoms with Gasteiger partial charge in [0.25, 0.3) is 5.60 Å². The highest BCUT2D eigenvalue weighted by Crippen LogP contribution is 2.50. The SMILES string of the molecule is CCN(Cc1cc(-c2cccc(Cl)c2)[nH]c1C)c1ccc(C(O)(C(F)(F)F)C(F)(F)F)cc1. The molecule has 3 rings (SSSR count). The van der Waals surface area contributed by atoms with E-state index in [1.807, 2.05) is 32.0 Å². The van der Waals surface area contributed by atoms with Crippen molar-refractivity contribution in [3.05, 3.63) is 76.4 Å². The van der Waals surface area contributed by atoms with Crippen molar-refractivity contribution in [1.29, 1.82) is 0 Å². The summed E-state index contributed by atoms with van der Waals surface area (Å²) in [4.78, 5) is 5.06. The summed E-state index contributed by atoms with van der Waals surface area (Å²) in [5, 5.41) is 10.1. The van der Waals surface area contributed by atoms with E-state index < -0.39 is 23.5 Å². The van der Waals surface area contributed by atoms with Crippen LogP contribution in [0.1, 0.15) is 23.7 Å². The molecule has 3 aromatic rings. The van der Waals surface area contributed by atoms with Crippen molar-refractivity contribution >= 4 is 17.3 Å². The largest absolute Gasteiger partial charge is 0.430 e. The van der Waals surface area contributed by atoms with E-state index in [9.17, 15) is 31.4 Å². The number of rotatable bonds is 6. The molecule has 0 bridgehead atoms. The first kappa shape index (κ1) is 25.0. The standard InChI is InChI=1S/C23H21ClF6N2O/c1-3-32(13-16-12-20(31-14(16)2)15-5-4-6-18(24)11-15)19-9-7-17(8-10-19)21(33,22(25,26)27)23(28,29)30/h4-12,31,33H,3,13H2,1-2H3. The highest BCUT2D eigenvalue weighted by atomic mass is 35.5. The van der Waals surface area contributed by atoms with Gasteiger partial charge in [-0.25, -0.2) is 0 Å². The molecule has 10 heteroatoms. The molecule has 0 atom stereocenters. The van der Waals surface area contributed by atoms with E-state index in [0.29, 0.717) is 35.9 Å². The second-order valence-corrected chi connectivity index (χ2v) is 8.05. The van der Waals surface area contributed by atoms with E-state index in [4.69, 9.17) is 11.6 Å². The van der Waals surface area contributed by atoms with Gasteiger partial charge in [-0.15, -0.1) is 0 Å². The Morgan fingerprint density at radius 1 is 0.939 bits per heavy atom. The van der Waals surface area contributed by atoms with Crippen LogP contribution in [0.15, 0.2) is 54.6 Å². The minimum absolute atomic E-state index is 0.363. The molecule has 0 saturated carbocycles. The fraction of sp³-hybridized carbons (Fsp3) is 0.304. The Morgan fingerprint density at radius 3 is 2.06 bits per heavy atom. The summed E-state index contributed by atoms with van der Waals surface area (Å²) in [6.45, 7) is 4.49. The summed E-state index contributed by atoms with van der Waals surface area (Å²) in [6, 6.07) is 12.8. The molecule has 0 radical (unpaired) electrons. The highest BCUT2D eigenvalue weighted by Gasteiger charge is 2.71. The van der Waals surface area contributed by atoms with Crippen LogP contribution in [-0.4, -0.2) is 29.0 Å². The van der Waals surface area contributed by atoms with E-state index in [1.54, 1.807) is 17.0 Å². The van der Waals surface area contributed by atoms with E-state index in [1.165, 1.54) is 0 Å². The van der Waals surface area contributed by atoms with Crippen molar-refractivity contribution in [2.45, 2.75) is 38.3 Å². The molecule has 0 aliphatic heterocycles. The third-order valence-electron chi connectivity index (χ3n) is 5.47. The fourth-order valence-electron chi connectivity index (χ4n) is 3.57. The van der Waals surface area contributed by atoms with Crippen LogP contribution in [0, 0.1) is 6.92 Å². The number of benzene rings is 2. The maximum absolute atomic E-state index is 13.1. The summed E-state index contributed by atoms with van der Waals surface area (Å²) in [5.74, 6) is 0. The summed E-state index contributed by atoms with van der Waals surface area (Å²) in [7, 11) is 0. The Hall–Kier alpha value is -2.65. The number of aliphatic hydroxyl groups is 1. The van der Waals surface area contributed by atoms with E-state index in [0.717, 1.165) is 34.6 Å². The minimum atomic E-state index is -5.92. The van der Waals surface area contributed by atoms with Crippen LogP contribution >= 0.6 is 11.6 Å². The lowest BCUT2D eigenvalue weighted by molar-refractivity contribution is -0.376. The molecule has 178 valence electrons. The fourth-order valence-corrected chi connectivity index (χ4v) is 3.76. The van der Waals surface area contributed by atoms with Crippen LogP contribution in [0.4, 0.5) is 32.0 Å². The number of nitrogens with one attached hydrogen (secondary N) is 1. The number of H-pyrrole nitrogens is 1. The van der Waals surface area contributed by atoms with Crippen LogP contribution in [0.2, 0.25) is 5.02 Å². The molecule has 33 heavy (non-hydrogen) atoms. The second-order valence-electron chi connectivity index (χ2n) is 7.61. The smallest absolute Gasteiger partial charge is 0.369 e. The van der Waals surface area contributed by atoms with Gasteiger partial charge < -0.3 is 15.0 Å². The first-order valence-corrected chi connectivity index (χ1v) is 10.3. The number of halogens is 7. The van der Waals surface area contributed by atoms with Crippen LogP contribution < -0.4 is 4.90 Å². The van der Waals surface area contributed by atoms with E-state index in [-0.39, 0.29) is 0 Å². The first-order chi connectivity index (χ1) is 15.3.